The summed E-state index contributed by atoms with van der Waals surface area (Å²) in [5.74, 6) is -0.329. The van der Waals surface area contributed by atoms with E-state index < -0.39 is 12.2 Å². The van der Waals surface area contributed by atoms with Gasteiger partial charge in [-0.15, -0.1) is 13.2 Å². The van der Waals surface area contributed by atoms with Crippen molar-refractivity contribution in [3.63, 3.8) is 0 Å². The molecule has 132 valence electrons. The molecular formula is C17H10F4N4O. The summed E-state index contributed by atoms with van der Waals surface area (Å²) >= 11 is 0. The van der Waals surface area contributed by atoms with Gasteiger partial charge in [-0.25, -0.2) is 14.4 Å². The smallest absolute Gasteiger partial charge is 0.406 e. The molecule has 0 aliphatic carbocycles. The molecule has 1 N–H and O–H groups in total. The number of benzene rings is 2. The van der Waals surface area contributed by atoms with E-state index in [0.717, 1.165) is 0 Å². The first kappa shape index (κ1) is 16.1. The fraction of sp³-hybridized carbons (Fsp3) is 0.0588. The molecule has 26 heavy (non-hydrogen) atoms. The largest absolute Gasteiger partial charge is 0.573 e. The topological polar surface area (TPSA) is 51.5 Å². The molecule has 0 radical (unpaired) electrons. The van der Waals surface area contributed by atoms with Gasteiger partial charge in [0.25, 0.3) is 0 Å². The van der Waals surface area contributed by atoms with Crippen molar-refractivity contribution in [3.05, 3.63) is 60.7 Å². The standard InChI is InChI=1S/C17H10F4N4O/c18-10-1-6-13-14(9-10)25-8-7-22-16(25)15(24-13)23-11-2-4-12(5-3-11)26-17(19,20)21/h1-9H,(H,23,24). The highest BCUT2D eigenvalue weighted by Crippen LogP contribution is 2.27. The Labute approximate surface area is 143 Å². The summed E-state index contributed by atoms with van der Waals surface area (Å²) in [5.41, 5.74) is 2.05. The van der Waals surface area contributed by atoms with E-state index in [-0.39, 0.29) is 5.75 Å². The fourth-order valence-electron chi connectivity index (χ4n) is 2.59. The number of ether oxygens (including phenoxy) is 1. The summed E-state index contributed by atoms with van der Waals surface area (Å²) in [6, 6.07) is 9.42. The number of fused-ring (bicyclic) bond motifs is 3. The van der Waals surface area contributed by atoms with E-state index in [9.17, 15) is 17.6 Å². The Morgan fingerprint density at radius 1 is 1.04 bits per heavy atom. The van der Waals surface area contributed by atoms with Crippen LogP contribution in [0.15, 0.2) is 54.9 Å². The third-order valence-corrected chi connectivity index (χ3v) is 3.63. The van der Waals surface area contributed by atoms with Crippen LogP contribution in [0.1, 0.15) is 0 Å². The Morgan fingerprint density at radius 3 is 2.54 bits per heavy atom. The van der Waals surface area contributed by atoms with Crippen LogP contribution in [0.4, 0.5) is 29.1 Å². The number of hydrogen-bond donors (Lipinski definition) is 1. The molecule has 0 spiro atoms. The van der Waals surface area contributed by atoms with Crippen molar-refractivity contribution in [2.45, 2.75) is 6.36 Å². The van der Waals surface area contributed by atoms with Crippen molar-refractivity contribution in [2.24, 2.45) is 0 Å². The summed E-state index contributed by atoms with van der Waals surface area (Å²) < 4.78 is 55.7. The SMILES string of the molecule is Fc1ccc2nc(Nc3ccc(OC(F)(F)F)cc3)c3nccn3c2c1. The van der Waals surface area contributed by atoms with E-state index in [1.165, 1.54) is 42.5 Å². The zero-order valence-electron chi connectivity index (χ0n) is 13.0. The Morgan fingerprint density at radius 2 is 1.81 bits per heavy atom. The lowest BCUT2D eigenvalue weighted by Gasteiger charge is -2.11. The van der Waals surface area contributed by atoms with Gasteiger partial charge in [0.1, 0.15) is 11.6 Å². The van der Waals surface area contributed by atoms with Crippen molar-refractivity contribution in [1.29, 1.82) is 0 Å². The van der Waals surface area contributed by atoms with E-state index >= 15 is 0 Å². The Hall–Kier alpha value is -3.36. The molecule has 0 amide bonds. The molecule has 0 atom stereocenters. The van der Waals surface area contributed by atoms with Crippen molar-refractivity contribution >= 4 is 28.2 Å². The molecule has 0 saturated heterocycles. The first-order chi connectivity index (χ1) is 12.4. The van der Waals surface area contributed by atoms with Gasteiger partial charge in [0.15, 0.2) is 11.5 Å². The number of nitrogens with zero attached hydrogens (tertiary/aromatic N) is 3. The van der Waals surface area contributed by atoms with Crippen LogP contribution in [0.3, 0.4) is 0 Å². The van der Waals surface area contributed by atoms with E-state index in [0.29, 0.717) is 28.2 Å². The van der Waals surface area contributed by atoms with E-state index in [4.69, 9.17) is 0 Å². The third kappa shape index (κ3) is 3.10. The lowest BCUT2D eigenvalue weighted by atomic mass is 10.2. The molecule has 2 aromatic heterocycles. The summed E-state index contributed by atoms with van der Waals surface area (Å²) in [5, 5.41) is 3.00. The van der Waals surface area contributed by atoms with Crippen LogP contribution < -0.4 is 10.1 Å². The average Bonchev–Trinajstić information content (AvgIpc) is 3.06. The minimum absolute atomic E-state index is 0.323. The number of nitrogens with one attached hydrogen (secondary N) is 1. The van der Waals surface area contributed by atoms with Gasteiger partial charge < -0.3 is 10.1 Å². The molecule has 0 saturated carbocycles. The van der Waals surface area contributed by atoms with Crippen LogP contribution >= 0.6 is 0 Å². The van der Waals surface area contributed by atoms with Crippen LogP contribution in [0.25, 0.3) is 16.7 Å². The monoisotopic (exact) mass is 362 g/mol. The molecule has 0 unspecified atom stereocenters. The second-order valence-corrected chi connectivity index (χ2v) is 5.41. The Kier molecular flexibility index (Phi) is 3.64. The number of halogens is 4. The molecule has 2 aromatic carbocycles. The van der Waals surface area contributed by atoms with Crippen molar-refractivity contribution < 1.29 is 22.3 Å². The minimum atomic E-state index is -4.74. The highest BCUT2D eigenvalue weighted by Gasteiger charge is 2.30. The summed E-state index contributed by atoms with van der Waals surface area (Å²) in [4.78, 5) is 8.62. The number of rotatable bonds is 3. The zero-order chi connectivity index (χ0) is 18.3. The van der Waals surface area contributed by atoms with E-state index in [1.807, 2.05) is 0 Å². The fourth-order valence-corrected chi connectivity index (χ4v) is 2.59. The first-order valence-corrected chi connectivity index (χ1v) is 7.44. The van der Waals surface area contributed by atoms with E-state index in [1.54, 1.807) is 16.8 Å². The lowest BCUT2D eigenvalue weighted by molar-refractivity contribution is -0.274. The normalized spacial score (nSPS) is 11.8. The second-order valence-electron chi connectivity index (χ2n) is 5.41. The summed E-state index contributed by atoms with van der Waals surface area (Å²) in [6.45, 7) is 0. The molecule has 2 heterocycles. The zero-order valence-corrected chi connectivity index (χ0v) is 13.0. The first-order valence-electron chi connectivity index (χ1n) is 7.44. The van der Waals surface area contributed by atoms with Gasteiger partial charge in [0.2, 0.25) is 0 Å². The van der Waals surface area contributed by atoms with Gasteiger partial charge in [-0.3, -0.25) is 4.40 Å². The Bertz CT molecular complexity index is 1090. The Balaban J connectivity index is 1.70. The van der Waals surface area contributed by atoms with Gasteiger partial charge in [-0.1, -0.05) is 0 Å². The average molecular weight is 362 g/mol. The van der Waals surface area contributed by atoms with Crippen molar-refractivity contribution in [3.8, 4) is 5.75 Å². The maximum Gasteiger partial charge on any atom is 0.573 e. The van der Waals surface area contributed by atoms with Gasteiger partial charge in [0, 0.05) is 24.1 Å². The molecule has 0 aliphatic rings. The number of alkyl halides is 3. The maximum absolute atomic E-state index is 13.5. The molecule has 0 aliphatic heterocycles. The minimum Gasteiger partial charge on any atom is -0.406 e. The van der Waals surface area contributed by atoms with Crippen LogP contribution in [0.5, 0.6) is 5.75 Å². The highest BCUT2D eigenvalue weighted by atomic mass is 19.4. The molecule has 0 bridgehead atoms. The van der Waals surface area contributed by atoms with E-state index in [2.05, 4.69) is 20.0 Å². The van der Waals surface area contributed by atoms with Gasteiger partial charge in [-0.05, 0) is 36.4 Å². The van der Waals surface area contributed by atoms with Crippen LogP contribution in [-0.2, 0) is 0 Å². The predicted molar refractivity (Wildman–Crippen MR) is 86.9 cm³/mol. The quantitative estimate of drug-likeness (QED) is 0.539. The number of aromatic nitrogens is 3. The molecule has 4 aromatic rings. The third-order valence-electron chi connectivity index (χ3n) is 3.63. The van der Waals surface area contributed by atoms with Crippen LogP contribution in [0.2, 0.25) is 0 Å². The highest BCUT2D eigenvalue weighted by molar-refractivity contribution is 5.84. The van der Waals surface area contributed by atoms with Crippen LogP contribution in [-0.4, -0.2) is 20.7 Å². The summed E-state index contributed by atoms with van der Waals surface area (Å²) in [7, 11) is 0. The summed E-state index contributed by atoms with van der Waals surface area (Å²) in [6.07, 6.45) is -1.52. The molecule has 0 fully saturated rings. The number of anilines is 2. The molecular weight excluding hydrogens is 352 g/mol. The van der Waals surface area contributed by atoms with Gasteiger partial charge in [0.05, 0.1) is 11.0 Å². The molecule has 5 nitrogen and oxygen atoms in total. The predicted octanol–water partition coefficient (Wildman–Crippen LogP) is 4.66. The van der Waals surface area contributed by atoms with Gasteiger partial charge in [-0.2, -0.15) is 0 Å². The second kappa shape index (κ2) is 5.87. The number of hydrogen-bond acceptors (Lipinski definition) is 4. The lowest BCUT2D eigenvalue weighted by Crippen LogP contribution is -2.16. The van der Waals surface area contributed by atoms with Crippen LogP contribution in [0, 0.1) is 5.82 Å². The van der Waals surface area contributed by atoms with Crippen molar-refractivity contribution in [1.82, 2.24) is 14.4 Å². The van der Waals surface area contributed by atoms with Crippen molar-refractivity contribution in [2.75, 3.05) is 5.32 Å². The molecule has 9 heteroatoms. The molecule has 4 rings (SSSR count). The maximum atomic E-state index is 13.5. The number of imidazole rings is 1. The van der Waals surface area contributed by atoms with Gasteiger partial charge >= 0.3 is 6.36 Å².